The molecule has 3 nitrogen and oxygen atoms in total. The van der Waals surface area contributed by atoms with E-state index in [1.807, 2.05) is 6.92 Å². The Bertz CT molecular complexity index is 149. The fourth-order valence-corrected chi connectivity index (χ4v) is 0.951. The van der Waals surface area contributed by atoms with Crippen LogP contribution in [0.25, 0.3) is 0 Å². The van der Waals surface area contributed by atoms with E-state index in [4.69, 9.17) is 17.4 Å². The van der Waals surface area contributed by atoms with Gasteiger partial charge < -0.3 is 0 Å². The molecule has 0 radical (unpaired) electrons. The zero-order valence-electron chi connectivity index (χ0n) is 6.59. The van der Waals surface area contributed by atoms with Crippen molar-refractivity contribution in [3.05, 3.63) is 12.7 Å². The molecular weight excluding hydrogens is 164 g/mol. The van der Waals surface area contributed by atoms with Gasteiger partial charge in [-0.25, -0.2) is 5.01 Å². The molecule has 0 aliphatic heterocycles. The minimum atomic E-state index is -0.436. The Labute approximate surface area is 71.8 Å². The number of hydrogen-bond donors (Lipinski definition) is 1. The third kappa shape index (κ3) is 3.51. The van der Waals surface area contributed by atoms with Crippen LogP contribution in [-0.2, 0) is 4.79 Å². The van der Waals surface area contributed by atoms with Crippen molar-refractivity contribution in [3.8, 4) is 0 Å². The maximum absolute atomic E-state index is 10.7. The molecule has 0 rings (SSSR count). The summed E-state index contributed by atoms with van der Waals surface area (Å²) in [6, 6.07) is -0.431. The van der Waals surface area contributed by atoms with Crippen LogP contribution in [0.3, 0.4) is 0 Å². The van der Waals surface area contributed by atoms with Gasteiger partial charge in [-0.1, -0.05) is 13.0 Å². The summed E-state index contributed by atoms with van der Waals surface area (Å²) >= 11 is 5.29. The standard InChI is InChI=1S/C7H13ClN2O/c1-3-5-6(7(8)11)10(9)4-2/h3,6H,1,4-5,9H2,2H3. The van der Waals surface area contributed by atoms with Crippen molar-refractivity contribution < 1.29 is 4.79 Å². The molecule has 0 saturated carbocycles. The number of hydrogen-bond acceptors (Lipinski definition) is 3. The average Bonchev–Trinajstić information content (AvgIpc) is 1.98. The molecule has 0 fully saturated rings. The second kappa shape index (κ2) is 5.29. The first kappa shape index (κ1) is 10.6. The smallest absolute Gasteiger partial charge is 0.240 e. The molecule has 1 unspecified atom stereocenters. The Kier molecular flexibility index (Phi) is 5.11. The average molecular weight is 177 g/mol. The number of rotatable bonds is 5. The number of carbonyl (C=O) groups is 1. The van der Waals surface area contributed by atoms with Crippen LogP contribution >= 0.6 is 11.6 Å². The number of nitrogens with zero attached hydrogens (tertiary/aromatic N) is 1. The number of likely N-dealkylation sites (N-methyl/N-ethyl adjacent to an activating group) is 1. The van der Waals surface area contributed by atoms with Gasteiger partial charge in [0.15, 0.2) is 0 Å². The van der Waals surface area contributed by atoms with E-state index in [9.17, 15) is 4.79 Å². The number of halogens is 1. The molecule has 0 spiro atoms. The molecule has 4 heteroatoms. The van der Waals surface area contributed by atoms with Gasteiger partial charge in [-0.2, -0.15) is 0 Å². The van der Waals surface area contributed by atoms with Gasteiger partial charge in [0, 0.05) is 6.54 Å². The Morgan fingerprint density at radius 3 is 2.73 bits per heavy atom. The van der Waals surface area contributed by atoms with E-state index < -0.39 is 11.3 Å². The van der Waals surface area contributed by atoms with Crippen molar-refractivity contribution in [2.24, 2.45) is 5.84 Å². The van der Waals surface area contributed by atoms with E-state index in [0.29, 0.717) is 13.0 Å². The predicted molar refractivity (Wildman–Crippen MR) is 46.0 cm³/mol. The topological polar surface area (TPSA) is 46.3 Å². The van der Waals surface area contributed by atoms with Gasteiger partial charge in [0.2, 0.25) is 5.24 Å². The molecule has 2 N–H and O–H groups in total. The normalized spacial score (nSPS) is 13.1. The summed E-state index contributed by atoms with van der Waals surface area (Å²) in [5, 5.41) is 0.964. The quantitative estimate of drug-likeness (QED) is 0.293. The highest BCUT2D eigenvalue weighted by atomic mass is 35.5. The lowest BCUT2D eigenvalue weighted by Gasteiger charge is -2.21. The fourth-order valence-electron chi connectivity index (χ4n) is 0.737. The van der Waals surface area contributed by atoms with Crippen LogP contribution in [0.15, 0.2) is 12.7 Å². The minimum absolute atomic E-state index is 0.431. The van der Waals surface area contributed by atoms with Crippen LogP contribution in [0, 0.1) is 0 Å². The first-order chi connectivity index (χ1) is 5.13. The first-order valence-corrected chi connectivity index (χ1v) is 3.82. The SMILES string of the molecule is C=CCC(C(=O)Cl)N(N)CC. The largest absolute Gasteiger partial charge is 0.279 e. The van der Waals surface area contributed by atoms with Gasteiger partial charge >= 0.3 is 0 Å². The van der Waals surface area contributed by atoms with Crippen LogP contribution in [0.4, 0.5) is 0 Å². The van der Waals surface area contributed by atoms with Gasteiger partial charge in [0.1, 0.15) is 6.04 Å². The first-order valence-electron chi connectivity index (χ1n) is 3.45. The number of hydrazine groups is 1. The van der Waals surface area contributed by atoms with Crippen LogP contribution < -0.4 is 5.84 Å². The molecule has 0 aliphatic carbocycles. The Balaban J connectivity index is 4.08. The van der Waals surface area contributed by atoms with Gasteiger partial charge in [-0.15, -0.1) is 6.58 Å². The monoisotopic (exact) mass is 176 g/mol. The zero-order chi connectivity index (χ0) is 8.85. The molecule has 0 heterocycles. The molecule has 0 saturated heterocycles. The highest BCUT2D eigenvalue weighted by Gasteiger charge is 2.18. The summed E-state index contributed by atoms with van der Waals surface area (Å²) in [6.07, 6.45) is 2.12. The Morgan fingerprint density at radius 2 is 2.45 bits per heavy atom. The maximum Gasteiger partial charge on any atom is 0.240 e. The third-order valence-electron chi connectivity index (χ3n) is 1.42. The molecule has 0 amide bonds. The van der Waals surface area contributed by atoms with Crippen LogP contribution in [-0.4, -0.2) is 22.8 Å². The van der Waals surface area contributed by atoms with Crippen molar-refractivity contribution in [1.29, 1.82) is 0 Å². The molecule has 0 aromatic rings. The molecule has 0 bridgehead atoms. The summed E-state index contributed by atoms with van der Waals surface area (Å²) in [5.74, 6) is 5.48. The Hall–Kier alpha value is -0.380. The second-order valence-corrected chi connectivity index (χ2v) is 2.55. The lowest BCUT2D eigenvalue weighted by Crippen LogP contribution is -2.43. The van der Waals surface area contributed by atoms with Crippen LogP contribution in [0.1, 0.15) is 13.3 Å². The van der Waals surface area contributed by atoms with Crippen LogP contribution in [0.2, 0.25) is 0 Å². The van der Waals surface area contributed by atoms with Gasteiger partial charge in [-0.05, 0) is 18.0 Å². The molecule has 0 aromatic carbocycles. The predicted octanol–water partition coefficient (Wildman–Crippen LogP) is 0.892. The van der Waals surface area contributed by atoms with Crippen molar-refractivity contribution in [3.63, 3.8) is 0 Å². The van der Waals surface area contributed by atoms with Gasteiger partial charge in [0.05, 0.1) is 0 Å². The summed E-state index contributed by atoms with van der Waals surface area (Å²) in [6.45, 7) is 5.96. The zero-order valence-corrected chi connectivity index (χ0v) is 7.34. The molecule has 1 atom stereocenters. The number of nitrogens with two attached hydrogens (primary N) is 1. The molecule has 11 heavy (non-hydrogen) atoms. The van der Waals surface area contributed by atoms with Crippen molar-refractivity contribution in [1.82, 2.24) is 5.01 Å². The van der Waals surface area contributed by atoms with Crippen molar-refractivity contribution in [2.45, 2.75) is 19.4 Å². The van der Waals surface area contributed by atoms with E-state index >= 15 is 0 Å². The maximum atomic E-state index is 10.7. The van der Waals surface area contributed by atoms with Crippen molar-refractivity contribution >= 4 is 16.8 Å². The summed E-state index contributed by atoms with van der Waals surface area (Å²) in [4.78, 5) is 10.7. The van der Waals surface area contributed by atoms with E-state index in [2.05, 4.69) is 6.58 Å². The molecule has 0 aromatic heterocycles. The van der Waals surface area contributed by atoms with Gasteiger partial charge in [-0.3, -0.25) is 10.6 Å². The summed E-state index contributed by atoms with van der Waals surface area (Å²) in [5.41, 5.74) is 0. The lowest BCUT2D eigenvalue weighted by molar-refractivity contribution is -0.116. The van der Waals surface area contributed by atoms with Crippen molar-refractivity contribution in [2.75, 3.05) is 6.54 Å². The van der Waals surface area contributed by atoms with E-state index in [0.717, 1.165) is 0 Å². The summed E-state index contributed by atoms with van der Waals surface area (Å²) in [7, 11) is 0. The molecule has 64 valence electrons. The highest BCUT2D eigenvalue weighted by Crippen LogP contribution is 2.04. The van der Waals surface area contributed by atoms with E-state index in [1.165, 1.54) is 5.01 Å². The van der Waals surface area contributed by atoms with E-state index in [1.54, 1.807) is 6.08 Å². The lowest BCUT2D eigenvalue weighted by atomic mass is 10.2. The van der Waals surface area contributed by atoms with Crippen LogP contribution in [0.5, 0.6) is 0 Å². The highest BCUT2D eigenvalue weighted by molar-refractivity contribution is 6.64. The fraction of sp³-hybridized carbons (Fsp3) is 0.571. The molecule has 0 aliphatic rings. The Morgan fingerprint density at radius 1 is 1.91 bits per heavy atom. The summed E-state index contributed by atoms with van der Waals surface area (Å²) < 4.78 is 0. The van der Waals surface area contributed by atoms with Gasteiger partial charge in [0.25, 0.3) is 0 Å². The number of carbonyl (C=O) groups excluding carboxylic acids is 1. The minimum Gasteiger partial charge on any atom is -0.279 e. The second-order valence-electron chi connectivity index (χ2n) is 2.17. The van der Waals surface area contributed by atoms with E-state index in [-0.39, 0.29) is 0 Å². The molecular formula is C7H13ClN2O. The third-order valence-corrected chi connectivity index (χ3v) is 1.67.